The molecule has 0 bridgehead atoms. The molecule has 1 aromatic carbocycles. The number of rotatable bonds is 3. The average Bonchev–Trinajstić information content (AvgIpc) is 2.02. The van der Waals surface area contributed by atoms with Gasteiger partial charge in [0.05, 0.1) is 0 Å². The molecule has 0 aromatic heterocycles. The minimum Gasteiger partial charge on any atom is -0.507 e. The van der Waals surface area contributed by atoms with Crippen LogP contribution in [0.5, 0.6) is 5.75 Å². The van der Waals surface area contributed by atoms with Crippen LogP contribution in [-0.4, -0.2) is 16.8 Å². The molecular formula is C10H14FNO2. The second-order valence-corrected chi connectivity index (χ2v) is 3.53. The van der Waals surface area contributed by atoms with Crippen LogP contribution in [0.25, 0.3) is 0 Å². The second-order valence-electron chi connectivity index (χ2n) is 3.53. The van der Waals surface area contributed by atoms with Crippen LogP contribution in [0.1, 0.15) is 18.9 Å². The van der Waals surface area contributed by atoms with Gasteiger partial charge in [0.25, 0.3) is 0 Å². The zero-order valence-electron chi connectivity index (χ0n) is 8.00. The Hall–Kier alpha value is -1.13. The highest BCUT2D eigenvalue weighted by Gasteiger charge is 2.27. The number of aromatic hydroxyl groups is 1. The molecule has 0 fully saturated rings. The van der Waals surface area contributed by atoms with Crippen molar-refractivity contribution in [3.05, 3.63) is 29.6 Å². The third-order valence-electron chi connectivity index (χ3n) is 2.19. The van der Waals surface area contributed by atoms with E-state index in [1.165, 1.54) is 18.2 Å². The summed E-state index contributed by atoms with van der Waals surface area (Å²) in [6, 6.07) is 4.02. The van der Waals surface area contributed by atoms with Crippen molar-refractivity contribution in [2.75, 3.05) is 6.61 Å². The number of phenolic OH excluding ortho intramolecular Hbond substituents is 1. The molecule has 0 radical (unpaired) electrons. The third-order valence-corrected chi connectivity index (χ3v) is 2.19. The van der Waals surface area contributed by atoms with Crippen molar-refractivity contribution in [1.29, 1.82) is 0 Å². The van der Waals surface area contributed by atoms with Crippen LogP contribution >= 0.6 is 0 Å². The third kappa shape index (κ3) is 2.02. The Kier molecular flexibility index (Phi) is 3.08. The van der Waals surface area contributed by atoms with Gasteiger partial charge < -0.3 is 15.9 Å². The highest BCUT2D eigenvalue weighted by molar-refractivity contribution is 5.38. The summed E-state index contributed by atoms with van der Waals surface area (Å²) < 4.78 is 13.3. The molecule has 1 atom stereocenters. The van der Waals surface area contributed by atoms with E-state index in [1.807, 2.05) is 0 Å². The first-order chi connectivity index (χ1) is 6.49. The van der Waals surface area contributed by atoms with Crippen molar-refractivity contribution in [2.45, 2.75) is 18.9 Å². The summed E-state index contributed by atoms with van der Waals surface area (Å²) in [5.74, 6) is -0.730. The summed E-state index contributed by atoms with van der Waals surface area (Å²) in [6.07, 6.45) is 0.196. The van der Waals surface area contributed by atoms with Gasteiger partial charge in [-0.15, -0.1) is 0 Å². The lowest BCUT2D eigenvalue weighted by atomic mass is 9.89. The van der Waals surface area contributed by atoms with Crippen molar-refractivity contribution in [3.63, 3.8) is 0 Å². The van der Waals surface area contributed by atoms with Crippen molar-refractivity contribution < 1.29 is 14.6 Å². The fourth-order valence-corrected chi connectivity index (χ4v) is 1.44. The summed E-state index contributed by atoms with van der Waals surface area (Å²) >= 11 is 0. The van der Waals surface area contributed by atoms with E-state index in [-0.39, 0.29) is 24.3 Å². The van der Waals surface area contributed by atoms with Gasteiger partial charge in [0.1, 0.15) is 11.6 Å². The molecule has 14 heavy (non-hydrogen) atoms. The Balaban J connectivity index is 3.17. The molecule has 1 aromatic rings. The summed E-state index contributed by atoms with van der Waals surface area (Å²) in [5.41, 5.74) is 4.79. The largest absolute Gasteiger partial charge is 0.507 e. The lowest BCUT2D eigenvalue weighted by molar-refractivity contribution is 0.242. The lowest BCUT2D eigenvalue weighted by Gasteiger charge is -2.25. The van der Waals surface area contributed by atoms with E-state index < -0.39 is 11.4 Å². The van der Waals surface area contributed by atoms with E-state index in [1.54, 1.807) is 6.92 Å². The van der Waals surface area contributed by atoms with Crippen molar-refractivity contribution >= 4 is 0 Å². The fourth-order valence-electron chi connectivity index (χ4n) is 1.44. The van der Waals surface area contributed by atoms with E-state index in [4.69, 9.17) is 10.8 Å². The van der Waals surface area contributed by atoms with Crippen molar-refractivity contribution in [2.24, 2.45) is 5.73 Å². The maximum absolute atomic E-state index is 13.3. The molecule has 0 saturated heterocycles. The number of halogens is 1. The molecular weight excluding hydrogens is 185 g/mol. The molecule has 0 aliphatic carbocycles. The SMILES string of the molecule is CC(N)(CCO)c1c(O)cccc1F. The normalized spacial score (nSPS) is 15.1. The van der Waals surface area contributed by atoms with E-state index in [2.05, 4.69) is 0 Å². The topological polar surface area (TPSA) is 66.5 Å². The Morgan fingerprint density at radius 3 is 2.64 bits per heavy atom. The number of hydrogen-bond acceptors (Lipinski definition) is 3. The fraction of sp³-hybridized carbons (Fsp3) is 0.400. The van der Waals surface area contributed by atoms with Gasteiger partial charge in [-0.2, -0.15) is 0 Å². The molecule has 0 aliphatic rings. The van der Waals surface area contributed by atoms with Gasteiger partial charge in [0.2, 0.25) is 0 Å². The van der Waals surface area contributed by atoms with Gasteiger partial charge in [-0.25, -0.2) is 4.39 Å². The molecule has 78 valence electrons. The maximum Gasteiger partial charge on any atom is 0.131 e. The van der Waals surface area contributed by atoms with Gasteiger partial charge in [-0.05, 0) is 25.5 Å². The van der Waals surface area contributed by atoms with Crippen LogP contribution in [0.3, 0.4) is 0 Å². The van der Waals surface area contributed by atoms with Crippen LogP contribution in [0.15, 0.2) is 18.2 Å². The van der Waals surface area contributed by atoms with E-state index in [9.17, 15) is 9.50 Å². The molecule has 0 aliphatic heterocycles. The first-order valence-corrected chi connectivity index (χ1v) is 4.37. The van der Waals surface area contributed by atoms with E-state index in [0.717, 1.165) is 0 Å². The summed E-state index contributed by atoms with van der Waals surface area (Å²) in [4.78, 5) is 0. The average molecular weight is 199 g/mol. The quantitative estimate of drug-likeness (QED) is 0.682. The van der Waals surface area contributed by atoms with Crippen LogP contribution in [0.2, 0.25) is 0 Å². The highest BCUT2D eigenvalue weighted by atomic mass is 19.1. The second kappa shape index (κ2) is 3.94. The Labute approximate surface area is 82.0 Å². The molecule has 1 rings (SSSR count). The molecule has 3 nitrogen and oxygen atoms in total. The summed E-state index contributed by atoms with van der Waals surface area (Å²) in [7, 11) is 0. The minimum absolute atomic E-state index is 0.0500. The monoisotopic (exact) mass is 199 g/mol. The summed E-state index contributed by atoms with van der Waals surface area (Å²) in [6.45, 7) is 1.42. The molecule has 4 heteroatoms. The van der Waals surface area contributed by atoms with Crippen LogP contribution in [0, 0.1) is 5.82 Å². The Bertz CT molecular complexity index is 306. The molecule has 1 unspecified atom stereocenters. The zero-order valence-corrected chi connectivity index (χ0v) is 8.00. The van der Waals surface area contributed by atoms with Gasteiger partial charge in [0.15, 0.2) is 0 Å². The number of nitrogens with two attached hydrogens (primary N) is 1. The predicted molar refractivity (Wildman–Crippen MR) is 51.3 cm³/mol. The van der Waals surface area contributed by atoms with Gasteiger partial charge >= 0.3 is 0 Å². The standard InChI is InChI=1S/C10H14FNO2/c1-10(12,5-6-13)9-7(11)3-2-4-8(9)14/h2-4,13-14H,5-6,12H2,1H3. The van der Waals surface area contributed by atoms with Crippen LogP contribution in [0.4, 0.5) is 4.39 Å². The smallest absolute Gasteiger partial charge is 0.131 e. The zero-order chi connectivity index (χ0) is 10.8. The number of aliphatic hydroxyl groups excluding tert-OH is 1. The minimum atomic E-state index is -1.05. The van der Waals surface area contributed by atoms with Crippen molar-refractivity contribution in [3.8, 4) is 5.75 Å². The molecule has 0 amide bonds. The lowest BCUT2D eigenvalue weighted by Crippen LogP contribution is -2.35. The number of benzene rings is 1. The maximum atomic E-state index is 13.3. The molecule has 0 saturated carbocycles. The number of hydrogen-bond donors (Lipinski definition) is 3. The Morgan fingerprint density at radius 1 is 1.50 bits per heavy atom. The Morgan fingerprint density at radius 2 is 2.14 bits per heavy atom. The van der Waals surface area contributed by atoms with E-state index in [0.29, 0.717) is 0 Å². The van der Waals surface area contributed by atoms with Gasteiger partial charge in [0, 0.05) is 17.7 Å². The molecule has 0 heterocycles. The molecule has 0 spiro atoms. The highest BCUT2D eigenvalue weighted by Crippen LogP contribution is 2.31. The summed E-state index contributed by atoms with van der Waals surface area (Å²) in [5, 5.41) is 18.2. The van der Waals surface area contributed by atoms with Crippen LogP contribution < -0.4 is 5.73 Å². The predicted octanol–water partition coefficient (Wildman–Crippen LogP) is 1.09. The van der Waals surface area contributed by atoms with Gasteiger partial charge in [-0.1, -0.05) is 6.07 Å². The molecule has 4 N–H and O–H groups in total. The first-order valence-electron chi connectivity index (χ1n) is 4.37. The van der Waals surface area contributed by atoms with Crippen LogP contribution in [-0.2, 0) is 5.54 Å². The number of aliphatic hydroxyl groups is 1. The van der Waals surface area contributed by atoms with Crippen molar-refractivity contribution in [1.82, 2.24) is 0 Å². The van der Waals surface area contributed by atoms with Gasteiger partial charge in [-0.3, -0.25) is 0 Å². The first kappa shape index (κ1) is 10.9. The number of phenols is 1. The van der Waals surface area contributed by atoms with E-state index >= 15 is 0 Å².